The van der Waals surface area contributed by atoms with Gasteiger partial charge in [-0.1, -0.05) is 11.2 Å². The first-order chi connectivity index (χ1) is 14.3. The van der Waals surface area contributed by atoms with Crippen molar-refractivity contribution in [2.45, 2.75) is 13.1 Å². The predicted octanol–water partition coefficient (Wildman–Crippen LogP) is 3.29. The maximum absolute atomic E-state index is 13.7. The number of pyridine rings is 2. The molecule has 30 heavy (non-hydrogen) atoms. The number of hydrogen-bond acceptors (Lipinski definition) is 7. The number of nitrogens with one attached hydrogen (secondary N) is 1. The summed E-state index contributed by atoms with van der Waals surface area (Å²) in [5, 5.41) is 9.73. The van der Waals surface area contributed by atoms with E-state index in [1.54, 1.807) is 13.0 Å². The van der Waals surface area contributed by atoms with Gasteiger partial charge in [0.2, 0.25) is 0 Å². The Kier molecular flexibility index (Phi) is 4.74. The quantitative estimate of drug-likeness (QED) is 0.544. The number of carbonyl (C=O) groups excluding carboxylic acids is 1. The fraction of sp³-hybridized carbons (Fsp3) is 0.111. The van der Waals surface area contributed by atoms with E-state index in [-0.39, 0.29) is 17.4 Å². The van der Waals surface area contributed by atoms with Crippen molar-refractivity contribution < 1.29 is 22.5 Å². The first-order valence-electron chi connectivity index (χ1n) is 8.47. The Bertz CT molecular complexity index is 1180. The number of hydrogen-bond donors (Lipinski definition) is 1. The van der Waals surface area contributed by atoms with Crippen molar-refractivity contribution in [1.29, 1.82) is 0 Å². The standard InChI is InChI=1S/C18H12F3N7O2/c1-10-25-17(30-27-10)13-6-5-11(8-23-13)26-16(29)12-9-24-28(15(12)18(19,20)21)14-4-2-3-7-22-14/h2-9H,1H3,(H,26,29). The molecule has 0 saturated heterocycles. The van der Waals surface area contributed by atoms with E-state index >= 15 is 0 Å². The molecule has 0 atom stereocenters. The van der Waals surface area contributed by atoms with Crippen LogP contribution in [-0.2, 0) is 6.18 Å². The summed E-state index contributed by atoms with van der Waals surface area (Å²) in [7, 11) is 0. The molecule has 4 rings (SSSR count). The highest BCUT2D eigenvalue weighted by Crippen LogP contribution is 2.33. The van der Waals surface area contributed by atoms with Crippen LogP contribution in [0.1, 0.15) is 21.9 Å². The van der Waals surface area contributed by atoms with Crippen LogP contribution >= 0.6 is 0 Å². The third-order valence-corrected chi connectivity index (χ3v) is 3.92. The molecular formula is C18H12F3N7O2. The largest absolute Gasteiger partial charge is 0.434 e. The van der Waals surface area contributed by atoms with Crippen LogP contribution in [-0.4, -0.2) is 35.8 Å². The zero-order valence-corrected chi connectivity index (χ0v) is 15.3. The summed E-state index contributed by atoms with van der Waals surface area (Å²) in [5.74, 6) is -0.451. The Morgan fingerprint density at radius 1 is 1.13 bits per heavy atom. The average molecular weight is 415 g/mol. The molecule has 152 valence electrons. The molecule has 0 aliphatic heterocycles. The van der Waals surface area contributed by atoms with Gasteiger partial charge in [-0.2, -0.15) is 23.3 Å². The van der Waals surface area contributed by atoms with Crippen LogP contribution in [0, 0.1) is 6.92 Å². The lowest BCUT2D eigenvalue weighted by atomic mass is 10.2. The molecule has 0 radical (unpaired) electrons. The lowest BCUT2D eigenvalue weighted by molar-refractivity contribution is -0.143. The smallest absolute Gasteiger partial charge is 0.332 e. The minimum Gasteiger partial charge on any atom is -0.332 e. The molecule has 0 aromatic carbocycles. The van der Waals surface area contributed by atoms with Crippen LogP contribution in [0.25, 0.3) is 17.4 Å². The Hall–Kier alpha value is -4.09. The Morgan fingerprint density at radius 3 is 2.57 bits per heavy atom. The van der Waals surface area contributed by atoms with E-state index in [0.29, 0.717) is 16.2 Å². The second-order valence-corrected chi connectivity index (χ2v) is 6.04. The normalized spacial score (nSPS) is 11.5. The van der Waals surface area contributed by atoms with Crippen LogP contribution in [0.3, 0.4) is 0 Å². The molecule has 1 N–H and O–H groups in total. The van der Waals surface area contributed by atoms with Crippen LogP contribution in [0.4, 0.5) is 18.9 Å². The summed E-state index contributed by atoms with van der Waals surface area (Å²) >= 11 is 0. The first kappa shape index (κ1) is 19.2. The van der Waals surface area contributed by atoms with E-state index in [1.807, 2.05) is 0 Å². The summed E-state index contributed by atoms with van der Waals surface area (Å²) in [6.45, 7) is 1.64. The highest BCUT2D eigenvalue weighted by atomic mass is 19.4. The number of halogens is 3. The van der Waals surface area contributed by atoms with E-state index < -0.39 is 23.3 Å². The molecule has 0 aliphatic carbocycles. The fourth-order valence-corrected chi connectivity index (χ4v) is 2.63. The summed E-state index contributed by atoms with van der Waals surface area (Å²) in [5.41, 5.74) is -1.35. The van der Waals surface area contributed by atoms with Gasteiger partial charge in [0.05, 0.1) is 23.6 Å². The fourth-order valence-electron chi connectivity index (χ4n) is 2.63. The SMILES string of the molecule is Cc1noc(-c2ccc(NC(=O)c3cnn(-c4ccccn4)c3C(F)(F)F)cn2)n1. The number of anilines is 1. The van der Waals surface area contributed by atoms with Crippen molar-refractivity contribution >= 4 is 11.6 Å². The molecule has 1 amide bonds. The van der Waals surface area contributed by atoms with Crippen LogP contribution in [0.15, 0.2) is 53.4 Å². The number of amides is 1. The minimum absolute atomic E-state index is 0.0651. The van der Waals surface area contributed by atoms with Gasteiger partial charge < -0.3 is 9.84 Å². The van der Waals surface area contributed by atoms with Crippen molar-refractivity contribution in [3.8, 4) is 17.4 Å². The van der Waals surface area contributed by atoms with E-state index in [2.05, 4.69) is 30.5 Å². The monoisotopic (exact) mass is 415 g/mol. The number of nitrogens with zero attached hydrogens (tertiary/aromatic N) is 6. The van der Waals surface area contributed by atoms with Crippen LogP contribution in [0.5, 0.6) is 0 Å². The molecule has 4 heterocycles. The van der Waals surface area contributed by atoms with E-state index in [9.17, 15) is 18.0 Å². The molecule has 9 nitrogen and oxygen atoms in total. The number of alkyl halides is 3. The maximum atomic E-state index is 13.7. The van der Waals surface area contributed by atoms with Crippen molar-refractivity contribution in [3.63, 3.8) is 0 Å². The summed E-state index contributed by atoms with van der Waals surface area (Å²) in [6.07, 6.45) is -1.40. The lowest BCUT2D eigenvalue weighted by Gasteiger charge is -2.12. The van der Waals surface area contributed by atoms with Crippen molar-refractivity contribution in [2.75, 3.05) is 5.32 Å². The molecule has 0 bridgehead atoms. The highest BCUT2D eigenvalue weighted by molar-refractivity contribution is 6.05. The van der Waals surface area contributed by atoms with E-state index in [0.717, 1.165) is 6.20 Å². The van der Waals surface area contributed by atoms with Crippen LogP contribution < -0.4 is 5.32 Å². The molecule has 0 aliphatic rings. The van der Waals surface area contributed by atoms with Gasteiger partial charge in [0.15, 0.2) is 17.3 Å². The first-order valence-corrected chi connectivity index (χ1v) is 8.47. The van der Waals surface area contributed by atoms with Gasteiger partial charge in [-0.25, -0.2) is 14.6 Å². The second-order valence-electron chi connectivity index (χ2n) is 6.04. The van der Waals surface area contributed by atoms with E-state index in [4.69, 9.17) is 4.52 Å². The highest BCUT2D eigenvalue weighted by Gasteiger charge is 2.40. The van der Waals surface area contributed by atoms with Gasteiger partial charge in [0.25, 0.3) is 11.8 Å². The van der Waals surface area contributed by atoms with Gasteiger partial charge in [-0.15, -0.1) is 0 Å². The Balaban J connectivity index is 1.61. The second kappa shape index (κ2) is 7.39. The molecule has 12 heteroatoms. The molecule has 0 unspecified atom stereocenters. The van der Waals surface area contributed by atoms with Gasteiger partial charge in [0.1, 0.15) is 5.69 Å². The van der Waals surface area contributed by atoms with Crippen molar-refractivity contribution in [1.82, 2.24) is 29.9 Å². The lowest BCUT2D eigenvalue weighted by Crippen LogP contribution is -2.21. The zero-order chi connectivity index (χ0) is 21.3. The average Bonchev–Trinajstić information content (AvgIpc) is 3.36. The predicted molar refractivity (Wildman–Crippen MR) is 96.6 cm³/mol. The Morgan fingerprint density at radius 2 is 1.97 bits per heavy atom. The number of rotatable bonds is 4. The van der Waals surface area contributed by atoms with Gasteiger partial charge in [0, 0.05) is 6.20 Å². The third kappa shape index (κ3) is 3.74. The van der Waals surface area contributed by atoms with Gasteiger partial charge in [-0.3, -0.25) is 4.79 Å². The molecule has 0 fully saturated rings. The molecule has 4 aromatic heterocycles. The summed E-state index contributed by atoms with van der Waals surface area (Å²) in [6, 6.07) is 7.37. The molecular weight excluding hydrogens is 403 g/mol. The van der Waals surface area contributed by atoms with Gasteiger partial charge in [-0.05, 0) is 31.2 Å². The number of carbonyl (C=O) groups is 1. The maximum Gasteiger partial charge on any atom is 0.434 e. The van der Waals surface area contributed by atoms with Gasteiger partial charge >= 0.3 is 6.18 Å². The Labute approximate surface area is 166 Å². The summed E-state index contributed by atoms with van der Waals surface area (Å²) < 4.78 is 46.6. The number of aromatic nitrogens is 6. The molecule has 0 spiro atoms. The topological polar surface area (TPSA) is 112 Å². The third-order valence-electron chi connectivity index (χ3n) is 3.92. The van der Waals surface area contributed by atoms with Crippen molar-refractivity contribution in [3.05, 3.63) is 66.0 Å². The van der Waals surface area contributed by atoms with E-state index in [1.165, 1.54) is 36.7 Å². The molecule has 0 saturated carbocycles. The zero-order valence-electron chi connectivity index (χ0n) is 15.3. The molecule has 4 aromatic rings. The number of aryl methyl sites for hydroxylation is 1. The van der Waals surface area contributed by atoms with Crippen molar-refractivity contribution in [2.24, 2.45) is 0 Å². The minimum atomic E-state index is -4.83. The summed E-state index contributed by atoms with van der Waals surface area (Å²) in [4.78, 5) is 24.5. The van der Waals surface area contributed by atoms with Crippen LogP contribution in [0.2, 0.25) is 0 Å².